The number of pyridine rings is 1. The number of hydrogen-bond donors (Lipinski definition) is 3. The molecule has 14 nitrogen and oxygen atoms in total. The van der Waals surface area contributed by atoms with Gasteiger partial charge in [-0.3, -0.25) is 34.5 Å². The van der Waals surface area contributed by atoms with E-state index in [0.29, 0.717) is 67.7 Å². The molecule has 48 heavy (non-hydrogen) atoms. The normalized spacial score (nSPS) is 17.4. The lowest BCUT2D eigenvalue weighted by atomic mass is 10.1. The molecule has 0 aliphatic carbocycles. The molecular formula is C34H46N12O2. The molecule has 2 aliphatic rings. The summed E-state index contributed by atoms with van der Waals surface area (Å²) >= 11 is 0. The molecule has 1 aromatic carbocycles. The molecule has 254 valence electrons. The van der Waals surface area contributed by atoms with Gasteiger partial charge in [0.1, 0.15) is 23.7 Å². The third-order valence-corrected chi connectivity index (χ3v) is 8.88. The molecule has 0 saturated carbocycles. The Balaban J connectivity index is 1.14. The third kappa shape index (κ3) is 7.71. The number of anilines is 3. The quantitative estimate of drug-likeness (QED) is 0.208. The van der Waals surface area contributed by atoms with E-state index in [-0.39, 0.29) is 36.0 Å². The molecule has 2 amide bonds. The maximum atomic E-state index is 13.7. The van der Waals surface area contributed by atoms with Crippen molar-refractivity contribution in [2.45, 2.75) is 33.2 Å². The number of aromatic nitrogens is 3. The number of rotatable bonds is 11. The number of carbonyl (C=O) groups excluding carboxylic acids is 2. The van der Waals surface area contributed by atoms with Crippen LogP contribution in [0.5, 0.6) is 0 Å². The molecule has 5 N–H and O–H groups in total. The Morgan fingerprint density at radius 1 is 1.08 bits per heavy atom. The van der Waals surface area contributed by atoms with Crippen LogP contribution in [0, 0.1) is 11.3 Å². The first kappa shape index (κ1) is 34.2. The lowest BCUT2D eigenvalue weighted by Crippen LogP contribution is -2.51. The zero-order chi connectivity index (χ0) is 34.4. The van der Waals surface area contributed by atoms with Gasteiger partial charge in [0.05, 0.1) is 30.1 Å². The number of amidine groups is 1. The Morgan fingerprint density at radius 3 is 2.46 bits per heavy atom. The van der Waals surface area contributed by atoms with Crippen LogP contribution in [0.1, 0.15) is 50.1 Å². The highest BCUT2D eigenvalue weighted by Gasteiger charge is 2.34. The number of nitrogens with two attached hydrogens (primary N) is 2. The predicted molar refractivity (Wildman–Crippen MR) is 190 cm³/mol. The Labute approximate surface area is 281 Å². The van der Waals surface area contributed by atoms with Crippen molar-refractivity contribution in [3.8, 4) is 0 Å². The Kier molecular flexibility index (Phi) is 10.8. The van der Waals surface area contributed by atoms with Crippen molar-refractivity contribution in [3.05, 3.63) is 65.6 Å². The van der Waals surface area contributed by atoms with Gasteiger partial charge in [0.25, 0.3) is 0 Å². The first-order valence-electron chi connectivity index (χ1n) is 16.4. The topological polar surface area (TPSA) is 178 Å². The van der Waals surface area contributed by atoms with E-state index in [1.807, 2.05) is 49.9 Å². The molecule has 4 heterocycles. The maximum absolute atomic E-state index is 13.7. The first-order valence-corrected chi connectivity index (χ1v) is 16.4. The fourth-order valence-electron chi connectivity index (χ4n) is 6.07. The number of nitrogen functional groups attached to an aromatic ring is 1. The van der Waals surface area contributed by atoms with Gasteiger partial charge in [-0.1, -0.05) is 0 Å². The van der Waals surface area contributed by atoms with E-state index in [1.165, 1.54) is 6.34 Å². The second-order valence-corrected chi connectivity index (χ2v) is 12.4. The second kappa shape index (κ2) is 15.2. The van der Waals surface area contributed by atoms with Crippen molar-refractivity contribution in [1.29, 1.82) is 5.41 Å². The molecule has 3 aromatic rings. The van der Waals surface area contributed by atoms with E-state index in [1.54, 1.807) is 41.2 Å². The summed E-state index contributed by atoms with van der Waals surface area (Å²) in [7, 11) is 1.64. The molecule has 0 bridgehead atoms. The van der Waals surface area contributed by atoms with Crippen LogP contribution in [0.15, 0.2) is 58.8 Å². The van der Waals surface area contributed by atoms with Gasteiger partial charge in [-0.15, -0.1) is 0 Å². The smallest absolute Gasteiger partial charge is 0.236 e. The zero-order valence-corrected chi connectivity index (χ0v) is 28.2. The van der Waals surface area contributed by atoms with E-state index in [2.05, 4.69) is 29.9 Å². The molecule has 1 atom stereocenters. The summed E-state index contributed by atoms with van der Waals surface area (Å²) in [5.41, 5.74) is 15.6. The summed E-state index contributed by atoms with van der Waals surface area (Å²) in [6.45, 7) is 10.6. The van der Waals surface area contributed by atoms with Crippen LogP contribution in [-0.2, 0) is 9.59 Å². The average Bonchev–Trinajstić information content (AvgIpc) is 3.79. The molecular weight excluding hydrogens is 608 g/mol. The fraction of sp³-hybridized carbons (Fsp3) is 0.441. The van der Waals surface area contributed by atoms with Gasteiger partial charge < -0.3 is 21.3 Å². The first-order chi connectivity index (χ1) is 23.1. The van der Waals surface area contributed by atoms with Crippen LogP contribution < -0.4 is 21.3 Å². The number of hydrogen-bond acceptors (Lipinski definition) is 9. The van der Waals surface area contributed by atoms with E-state index in [4.69, 9.17) is 16.9 Å². The van der Waals surface area contributed by atoms with Crippen LogP contribution in [0.4, 0.5) is 17.2 Å². The summed E-state index contributed by atoms with van der Waals surface area (Å²) in [5.74, 6) is 0.655. The molecule has 14 heteroatoms. The highest BCUT2D eigenvalue weighted by molar-refractivity contribution is 6.12. The van der Waals surface area contributed by atoms with E-state index < -0.39 is 0 Å². The van der Waals surface area contributed by atoms with E-state index >= 15 is 0 Å². The molecule has 0 spiro atoms. The van der Waals surface area contributed by atoms with Gasteiger partial charge in [0, 0.05) is 75.4 Å². The van der Waals surface area contributed by atoms with Gasteiger partial charge >= 0.3 is 0 Å². The highest BCUT2D eigenvalue weighted by atomic mass is 16.2. The molecule has 5 rings (SSSR count). The third-order valence-electron chi connectivity index (χ3n) is 8.88. The second-order valence-electron chi connectivity index (χ2n) is 12.4. The highest BCUT2D eigenvalue weighted by Crippen LogP contribution is 2.25. The Bertz CT molecular complexity index is 1670. The number of aliphatic imine (C=N–C) groups is 2. The van der Waals surface area contributed by atoms with Crippen molar-refractivity contribution in [2.75, 3.05) is 74.9 Å². The lowest BCUT2D eigenvalue weighted by molar-refractivity contribution is -0.132. The monoisotopic (exact) mass is 654 g/mol. The SMILES string of the molecule is CCN(C(=O)[C@@H]1CCN(CC(=O)N2CCN(c3ccc(C(N)=NC=NC)cc3)CC2)C1)c1ccc(N)c(C(=N)c2cnn(C(C)C)c2)n1. The number of benzene rings is 1. The predicted octanol–water partition coefficient (Wildman–Crippen LogP) is 2.24. The Hall–Kier alpha value is -5.11. The van der Waals surface area contributed by atoms with Crippen molar-refractivity contribution >= 4 is 46.9 Å². The number of amides is 2. The molecule has 2 aromatic heterocycles. The minimum Gasteiger partial charge on any atom is -0.397 e. The minimum atomic E-state index is -0.252. The fourth-order valence-corrected chi connectivity index (χ4v) is 6.07. The molecule has 0 radical (unpaired) electrons. The summed E-state index contributed by atoms with van der Waals surface area (Å²) in [6, 6.07) is 11.5. The van der Waals surface area contributed by atoms with Gasteiger partial charge in [-0.2, -0.15) is 5.10 Å². The van der Waals surface area contributed by atoms with Crippen LogP contribution in [-0.4, -0.2) is 114 Å². The number of carbonyl (C=O) groups is 2. The lowest BCUT2D eigenvalue weighted by Gasteiger charge is -2.36. The van der Waals surface area contributed by atoms with Crippen LogP contribution in [0.2, 0.25) is 0 Å². The molecule has 2 aliphatic heterocycles. The largest absolute Gasteiger partial charge is 0.397 e. The van der Waals surface area contributed by atoms with Gasteiger partial charge in [-0.25, -0.2) is 9.98 Å². The summed E-state index contributed by atoms with van der Waals surface area (Å²) in [4.78, 5) is 47.5. The van der Waals surface area contributed by atoms with E-state index in [9.17, 15) is 9.59 Å². The van der Waals surface area contributed by atoms with Crippen LogP contribution >= 0.6 is 0 Å². The van der Waals surface area contributed by atoms with Crippen molar-refractivity contribution in [2.24, 2.45) is 21.6 Å². The van der Waals surface area contributed by atoms with Crippen molar-refractivity contribution < 1.29 is 9.59 Å². The van der Waals surface area contributed by atoms with Gasteiger partial charge in [0.15, 0.2) is 0 Å². The number of nitrogens with one attached hydrogen (secondary N) is 1. The zero-order valence-electron chi connectivity index (χ0n) is 28.2. The van der Waals surface area contributed by atoms with Gasteiger partial charge in [0.2, 0.25) is 11.8 Å². The number of piperazine rings is 1. The van der Waals surface area contributed by atoms with Crippen molar-refractivity contribution in [3.63, 3.8) is 0 Å². The van der Waals surface area contributed by atoms with Gasteiger partial charge in [-0.05, 0) is 70.1 Å². The summed E-state index contributed by atoms with van der Waals surface area (Å²) < 4.78 is 1.78. The number of likely N-dealkylation sites (tertiary alicyclic amines) is 1. The van der Waals surface area contributed by atoms with Crippen molar-refractivity contribution in [1.82, 2.24) is 24.6 Å². The molecule has 2 fully saturated rings. The standard InChI is InChI=1S/C34H46N12O2/c1-5-45(29-11-10-28(35)32(41-29)31(36)26-18-40-46(20-26)23(2)3)34(48)25-12-13-42(19-25)21-30(47)44-16-14-43(15-17-44)27-8-6-24(7-9-27)33(37)39-22-38-4/h6-11,18,20,22-23,25,36H,5,12-17,19,21,35H2,1-4H3,(H2,37,38,39)/t25-/m1/s1. The average molecular weight is 655 g/mol. The Morgan fingerprint density at radius 2 is 1.81 bits per heavy atom. The van der Waals surface area contributed by atoms with E-state index in [0.717, 1.165) is 24.3 Å². The maximum Gasteiger partial charge on any atom is 0.236 e. The van der Waals surface area contributed by atoms with Crippen LogP contribution in [0.3, 0.4) is 0 Å². The number of nitrogens with zero attached hydrogens (tertiary/aromatic N) is 9. The molecule has 0 unspecified atom stereocenters. The summed E-state index contributed by atoms with van der Waals surface area (Å²) in [5, 5.41) is 13.1. The van der Waals surface area contributed by atoms with Crippen LogP contribution in [0.25, 0.3) is 0 Å². The minimum absolute atomic E-state index is 0.0408. The summed E-state index contributed by atoms with van der Waals surface area (Å²) in [6.07, 6.45) is 5.52. The molecule has 2 saturated heterocycles.